The number of likely N-dealkylation sites (tertiary alicyclic amines) is 2. The Labute approximate surface area is 136 Å². The van der Waals surface area contributed by atoms with Crippen LogP contribution in [0.1, 0.15) is 24.0 Å². The van der Waals surface area contributed by atoms with Crippen LogP contribution in [0.25, 0.3) is 0 Å². The molecule has 4 rings (SSSR count). The topological polar surface area (TPSA) is 49.3 Å². The summed E-state index contributed by atoms with van der Waals surface area (Å²) in [7, 11) is 0. The van der Waals surface area contributed by atoms with Crippen LogP contribution in [0, 0.1) is 0 Å². The van der Waals surface area contributed by atoms with Gasteiger partial charge >= 0.3 is 0 Å². The number of amides is 1. The molecular weight excluding hydrogens is 288 g/mol. The average Bonchev–Trinajstić information content (AvgIpc) is 3.10. The van der Waals surface area contributed by atoms with Crippen LogP contribution < -0.4 is 0 Å². The molecule has 0 aromatic carbocycles. The predicted molar refractivity (Wildman–Crippen MR) is 86.2 cm³/mol. The molecule has 2 aliphatic heterocycles. The first kappa shape index (κ1) is 14.3. The van der Waals surface area contributed by atoms with Crippen LogP contribution in [-0.4, -0.2) is 44.3 Å². The Morgan fingerprint density at radius 2 is 1.87 bits per heavy atom. The summed E-state index contributed by atoms with van der Waals surface area (Å²) >= 11 is 0. The van der Waals surface area contributed by atoms with Crippen LogP contribution in [0.3, 0.4) is 0 Å². The molecule has 1 amide bonds. The summed E-state index contributed by atoms with van der Waals surface area (Å²) in [5.41, 5.74) is 2.37. The first-order chi connectivity index (χ1) is 11.3. The number of nitrogens with zero attached hydrogens (tertiary/aromatic N) is 4. The molecule has 0 unspecified atom stereocenters. The minimum Gasteiger partial charge on any atom is -0.334 e. The highest BCUT2D eigenvalue weighted by Crippen LogP contribution is 2.34. The van der Waals surface area contributed by atoms with Crippen LogP contribution in [0.5, 0.6) is 0 Å². The minimum atomic E-state index is 0.271. The Morgan fingerprint density at radius 1 is 1.00 bits per heavy atom. The number of carbonyl (C=O) groups is 1. The van der Waals surface area contributed by atoms with Crippen molar-refractivity contribution in [2.24, 2.45) is 0 Å². The molecule has 0 N–H and O–H groups in total. The molecule has 23 heavy (non-hydrogen) atoms. The van der Waals surface area contributed by atoms with Gasteiger partial charge in [-0.05, 0) is 35.7 Å². The van der Waals surface area contributed by atoms with E-state index in [1.54, 1.807) is 18.6 Å². The Kier molecular flexibility index (Phi) is 3.79. The number of pyridine rings is 2. The fourth-order valence-corrected chi connectivity index (χ4v) is 3.82. The van der Waals surface area contributed by atoms with E-state index >= 15 is 0 Å². The van der Waals surface area contributed by atoms with E-state index < -0.39 is 0 Å². The zero-order valence-corrected chi connectivity index (χ0v) is 13.0. The zero-order chi connectivity index (χ0) is 15.6. The third-order valence-corrected chi connectivity index (χ3v) is 4.94. The predicted octanol–water partition coefficient (Wildman–Crippen LogP) is 1.85. The van der Waals surface area contributed by atoms with E-state index in [0.717, 1.165) is 25.1 Å². The Hall–Kier alpha value is -2.27. The van der Waals surface area contributed by atoms with E-state index in [9.17, 15) is 4.79 Å². The SMILES string of the molecule is O=C1C[C@@H]2[C@H](CCN2Cc2cccnc2)N1Cc1ccncc1. The van der Waals surface area contributed by atoms with Crippen molar-refractivity contribution in [2.45, 2.75) is 38.0 Å². The van der Waals surface area contributed by atoms with Gasteiger partial charge in [0, 0.05) is 62.9 Å². The van der Waals surface area contributed by atoms with Gasteiger partial charge in [-0.1, -0.05) is 6.07 Å². The summed E-state index contributed by atoms with van der Waals surface area (Å²) in [6.07, 6.45) is 8.98. The first-order valence-electron chi connectivity index (χ1n) is 8.12. The Morgan fingerprint density at radius 3 is 2.65 bits per heavy atom. The quantitative estimate of drug-likeness (QED) is 0.865. The maximum absolute atomic E-state index is 12.5. The second kappa shape index (κ2) is 6.08. The monoisotopic (exact) mass is 308 g/mol. The highest BCUT2D eigenvalue weighted by molar-refractivity contribution is 5.80. The van der Waals surface area contributed by atoms with Gasteiger partial charge < -0.3 is 4.90 Å². The molecule has 0 spiro atoms. The molecule has 0 aliphatic carbocycles. The van der Waals surface area contributed by atoms with Crippen molar-refractivity contribution in [3.05, 3.63) is 60.2 Å². The van der Waals surface area contributed by atoms with Crippen LogP contribution in [0.4, 0.5) is 0 Å². The minimum absolute atomic E-state index is 0.271. The zero-order valence-electron chi connectivity index (χ0n) is 13.0. The van der Waals surface area contributed by atoms with E-state index in [1.165, 1.54) is 5.56 Å². The van der Waals surface area contributed by atoms with Crippen molar-refractivity contribution in [1.29, 1.82) is 0 Å². The molecule has 0 radical (unpaired) electrons. The van der Waals surface area contributed by atoms with E-state index in [4.69, 9.17) is 0 Å². The standard InChI is InChI=1S/C18H20N4O/c23-18-10-17-16(22(18)13-14-3-7-19-8-4-14)5-9-21(17)12-15-2-1-6-20-11-15/h1-4,6-8,11,16-17H,5,9-10,12-13H2/t16-,17+/m0/s1. The van der Waals surface area contributed by atoms with Crippen LogP contribution in [-0.2, 0) is 17.9 Å². The maximum atomic E-state index is 12.5. The smallest absolute Gasteiger partial charge is 0.224 e. The highest BCUT2D eigenvalue weighted by Gasteiger charge is 2.46. The van der Waals surface area contributed by atoms with E-state index in [-0.39, 0.29) is 5.91 Å². The van der Waals surface area contributed by atoms with Gasteiger partial charge in [0.15, 0.2) is 0 Å². The van der Waals surface area contributed by atoms with Crippen molar-refractivity contribution in [3.63, 3.8) is 0 Å². The molecular formula is C18H20N4O. The third kappa shape index (κ3) is 2.84. The van der Waals surface area contributed by atoms with Crippen LogP contribution in [0.15, 0.2) is 49.1 Å². The second-order valence-corrected chi connectivity index (χ2v) is 6.34. The van der Waals surface area contributed by atoms with Crippen molar-refractivity contribution < 1.29 is 4.79 Å². The molecule has 2 atom stereocenters. The van der Waals surface area contributed by atoms with E-state index in [1.807, 2.05) is 24.4 Å². The lowest BCUT2D eigenvalue weighted by Crippen LogP contribution is -2.36. The molecule has 2 saturated heterocycles. The molecule has 4 heterocycles. The fraction of sp³-hybridized carbons (Fsp3) is 0.389. The summed E-state index contributed by atoms with van der Waals surface area (Å²) in [5, 5.41) is 0. The number of rotatable bonds is 4. The summed E-state index contributed by atoms with van der Waals surface area (Å²) in [6, 6.07) is 8.73. The summed E-state index contributed by atoms with van der Waals surface area (Å²) in [5.74, 6) is 0.271. The van der Waals surface area contributed by atoms with Gasteiger partial charge in [0.25, 0.3) is 0 Å². The molecule has 2 fully saturated rings. The normalized spacial score (nSPS) is 24.2. The molecule has 0 bridgehead atoms. The van der Waals surface area contributed by atoms with Crippen molar-refractivity contribution in [2.75, 3.05) is 6.54 Å². The van der Waals surface area contributed by atoms with Gasteiger partial charge in [-0.3, -0.25) is 19.7 Å². The average molecular weight is 308 g/mol. The summed E-state index contributed by atoms with van der Waals surface area (Å²) in [6.45, 7) is 2.62. The van der Waals surface area contributed by atoms with Crippen LogP contribution in [0.2, 0.25) is 0 Å². The number of hydrogen-bond acceptors (Lipinski definition) is 4. The third-order valence-electron chi connectivity index (χ3n) is 4.94. The molecule has 2 aromatic heterocycles. The maximum Gasteiger partial charge on any atom is 0.224 e. The van der Waals surface area contributed by atoms with Crippen LogP contribution >= 0.6 is 0 Å². The lowest BCUT2D eigenvalue weighted by atomic mass is 10.1. The second-order valence-electron chi connectivity index (χ2n) is 6.34. The number of hydrogen-bond donors (Lipinski definition) is 0. The molecule has 118 valence electrons. The number of carbonyl (C=O) groups excluding carboxylic acids is 1. The van der Waals surface area contributed by atoms with E-state index in [2.05, 4.69) is 25.8 Å². The number of aromatic nitrogens is 2. The van der Waals surface area contributed by atoms with Gasteiger partial charge in [-0.15, -0.1) is 0 Å². The first-order valence-corrected chi connectivity index (χ1v) is 8.12. The van der Waals surface area contributed by atoms with Crippen molar-refractivity contribution in [3.8, 4) is 0 Å². The van der Waals surface area contributed by atoms with Gasteiger partial charge in [-0.2, -0.15) is 0 Å². The van der Waals surface area contributed by atoms with Gasteiger partial charge in [-0.25, -0.2) is 0 Å². The highest BCUT2D eigenvalue weighted by atomic mass is 16.2. The van der Waals surface area contributed by atoms with Crippen molar-refractivity contribution in [1.82, 2.24) is 19.8 Å². The summed E-state index contributed by atoms with van der Waals surface area (Å²) < 4.78 is 0. The van der Waals surface area contributed by atoms with Gasteiger partial charge in [0.2, 0.25) is 5.91 Å². The largest absolute Gasteiger partial charge is 0.334 e. The van der Waals surface area contributed by atoms with Gasteiger partial charge in [0.05, 0.1) is 0 Å². The fourth-order valence-electron chi connectivity index (χ4n) is 3.82. The van der Waals surface area contributed by atoms with E-state index in [0.29, 0.717) is 25.0 Å². The lowest BCUT2D eigenvalue weighted by molar-refractivity contribution is -0.129. The lowest BCUT2D eigenvalue weighted by Gasteiger charge is -2.25. The molecule has 2 aromatic rings. The Balaban J connectivity index is 1.47. The molecule has 2 aliphatic rings. The molecule has 0 saturated carbocycles. The van der Waals surface area contributed by atoms with Gasteiger partial charge in [0.1, 0.15) is 0 Å². The summed E-state index contributed by atoms with van der Waals surface area (Å²) in [4.78, 5) is 25.2. The Bertz CT molecular complexity index is 676. The number of fused-ring (bicyclic) bond motifs is 1. The molecule has 5 nitrogen and oxygen atoms in total. The van der Waals surface area contributed by atoms with Crippen molar-refractivity contribution >= 4 is 5.91 Å². The molecule has 5 heteroatoms.